The van der Waals surface area contributed by atoms with Gasteiger partial charge in [-0.15, -0.1) is 0 Å². The Balaban J connectivity index is 1.99. The maximum atomic E-state index is 12.6. The number of nitrogens with zero attached hydrogens (tertiary/aromatic N) is 4. The van der Waals surface area contributed by atoms with Gasteiger partial charge in [-0.3, -0.25) is 4.79 Å². The lowest BCUT2D eigenvalue weighted by atomic mass is 10.1. The zero-order valence-electron chi connectivity index (χ0n) is 13.3. The Morgan fingerprint density at radius 1 is 1.08 bits per heavy atom. The predicted octanol–water partition coefficient (Wildman–Crippen LogP) is 3.95. The summed E-state index contributed by atoms with van der Waals surface area (Å²) in [6.07, 6.45) is 5.20. The van der Waals surface area contributed by atoms with E-state index >= 15 is 0 Å². The first-order chi connectivity index (χ1) is 11.6. The first kappa shape index (κ1) is 14.9. The lowest BCUT2D eigenvalue weighted by Gasteiger charge is -2.11. The normalized spacial score (nSPS) is 11.7. The molecule has 0 amide bonds. The second-order valence-corrected chi connectivity index (χ2v) is 6.42. The molecule has 6 heteroatoms. The minimum Gasteiger partial charge on any atom is -0.312 e. The van der Waals surface area contributed by atoms with Crippen molar-refractivity contribution >= 4 is 28.2 Å². The molecule has 0 unspecified atom stereocenters. The molecule has 0 saturated carbocycles. The summed E-state index contributed by atoms with van der Waals surface area (Å²) < 4.78 is 3.41. The average Bonchev–Trinajstić information content (AvgIpc) is 3.00. The smallest absolute Gasteiger partial charge is 0.261 e. The van der Waals surface area contributed by atoms with Crippen molar-refractivity contribution in [1.82, 2.24) is 19.2 Å². The first-order valence-electron chi connectivity index (χ1n) is 7.70. The van der Waals surface area contributed by atoms with Gasteiger partial charge in [0.15, 0.2) is 5.65 Å². The number of fused-ring (bicyclic) bond motifs is 3. The lowest BCUT2D eigenvalue weighted by Crippen LogP contribution is -2.22. The summed E-state index contributed by atoms with van der Waals surface area (Å²) in [5, 5.41) is 5.68. The van der Waals surface area contributed by atoms with Crippen LogP contribution in [0.3, 0.4) is 0 Å². The maximum absolute atomic E-state index is 12.6. The van der Waals surface area contributed by atoms with E-state index in [2.05, 4.69) is 10.1 Å². The van der Waals surface area contributed by atoms with Crippen LogP contribution in [0.25, 0.3) is 27.7 Å². The summed E-state index contributed by atoms with van der Waals surface area (Å²) >= 11 is 5.95. The Morgan fingerprint density at radius 2 is 1.83 bits per heavy atom. The van der Waals surface area contributed by atoms with E-state index in [1.807, 2.05) is 44.2 Å². The Morgan fingerprint density at radius 3 is 2.54 bits per heavy atom. The lowest BCUT2D eigenvalue weighted by molar-refractivity contribution is 0.582. The summed E-state index contributed by atoms with van der Waals surface area (Å²) in [6.45, 7) is 3.96. The third-order valence-corrected chi connectivity index (χ3v) is 4.39. The highest BCUT2D eigenvalue weighted by Crippen LogP contribution is 2.26. The third kappa shape index (κ3) is 2.20. The fourth-order valence-corrected chi connectivity index (χ4v) is 3.00. The fraction of sp³-hybridized carbons (Fsp3) is 0.167. The molecule has 4 rings (SSSR count). The van der Waals surface area contributed by atoms with E-state index in [0.717, 1.165) is 16.6 Å². The summed E-state index contributed by atoms with van der Waals surface area (Å²) in [7, 11) is 0. The zero-order valence-corrected chi connectivity index (χ0v) is 14.0. The molecule has 0 atom stereocenters. The third-order valence-electron chi connectivity index (χ3n) is 4.13. The first-order valence-corrected chi connectivity index (χ1v) is 8.07. The molecular weight excluding hydrogens is 324 g/mol. The fourth-order valence-electron chi connectivity index (χ4n) is 2.87. The summed E-state index contributed by atoms with van der Waals surface area (Å²) in [4.78, 5) is 17.1. The van der Waals surface area contributed by atoms with Crippen LogP contribution in [0.5, 0.6) is 0 Å². The molecular formula is C18H15ClN4O. The van der Waals surface area contributed by atoms with E-state index in [4.69, 9.17) is 11.6 Å². The molecule has 0 radical (unpaired) electrons. The van der Waals surface area contributed by atoms with Gasteiger partial charge in [0, 0.05) is 29.0 Å². The van der Waals surface area contributed by atoms with Gasteiger partial charge in [0.25, 0.3) is 5.56 Å². The van der Waals surface area contributed by atoms with Gasteiger partial charge in [-0.05, 0) is 37.6 Å². The second kappa shape index (κ2) is 5.46. The van der Waals surface area contributed by atoms with E-state index in [1.54, 1.807) is 27.7 Å². The Kier molecular flexibility index (Phi) is 3.39. The van der Waals surface area contributed by atoms with Crippen LogP contribution in [-0.2, 0) is 0 Å². The number of hydrogen-bond acceptors (Lipinski definition) is 3. The average molecular weight is 339 g/mol. The van der Waals surface area contributed by atoms with Crippen molar-refractivity contribution in [2.75, 3.05) is 0 Å². The zero-order chi connectivity index (χ0) is 16.8. The van der Waals surface area contributed by atoms with Crippen LogP contribution in [0.1, 0.15) is 19.9 Å². The van der Waals surface area contributed by atoms with Crippen molar-refractivity contribution in [1.29, 1.82) is 0 Å². The Labute approximate surface area is 143 Å². The molecule has 5 nitrogen and oxygen atoms in total. The molecule has 24 heavy (non-hydrogen) atoms. The molecule has 0 saturated heterocycles. The molecule has 0 fully saturated rings. The van der Waals surface area contributed by atoms with Gasteiger partial charge in [-0.1, -0.05) is 23.7 Å². The molecule has 0 aliphatic carbocycles. The van der Waals surface area contributed by atoms with Crippen molar-refractivity contribution in [2.24, 2.45) is 0 Å². The van der Waals surface area contributed by atoms with Gasteiger partial charge in [0.05, 0.1) is 17.1 Å². The van der Waals surface area contributed by atoms with Crippen LogP contribution < -0.4 is 5.56 Å². The van der Waals surface area contributed by atoms with Crippen LogP contribution in [0, 0.1) is 0 Å². The van der Waals surface area contributed by atoms with Crippen molar-refractivity contribution in [3.8, 4) is 11.1 Å². The Bertz CT molecular complexity index is 1110. The molecule has 4 aromatic rings. The summed E-state index contributed by atoms with van der Waals surface area (Å²) in [5.41, 5.74) is 3.30. The van der Waals surface area contributed by atoms with Crippen LogP contribution in [0.2, 0.25) is 5.02 Å². The standard InChI is InChI=1S/C18H15ClN4O/c1-11(2)22-8-7-16-15(18(22)24)9-20-17-14(10-21-23(16)17)12-3-5-13(19)6-4-12/h3-11H,1-2H3. The molecule has 1 aromatic carbocycles. The van der Waals surface area contributed by atoms with Gasteiger partial charge >= 0.3 is 0 Å². The van der Waals surface area contributed by atoms with Gasteiger partial charge < -0.3 is 4.57 Å². The summed E-state index contributed by atoms with van der Waals surface area (Å²) in [5.74, 6) is 0. The van der Waals surface area contributed by atoms with Crippen molar-refractivity contribution < 1.29 is 0 Å². The molecule has 0 spiro atoms. The molecule has 3 heterocycles. The molecule has 0 bridgehead atoms. The van der Waals surface area contributed by atoms with Crippen molar-refractivity contribution in [3.05, 3.63) is 64.3 Å². The van der Waals surface area contributed by atoms with Crippen molar-refractivity contribution in [2.45, 2.75) is 19.9 Å². The van der Waals surface area contributed by atoms with Crippen LogP contribution in [0.4, 0.5) is 0 Å². The van der Waals surface area contributed by atoms with Gasteiger partial charge in [0.2, 0.25) is 0 Å². The second-order valence-electron chi connectivity index (χ2n) is 5.98. The topological polar surface area (TPSA) is 52.2 Å². The van der Waals surface area contributed by atoms with Crippen LogP contribution >= 0.6 is 11.6 Å². The van der Waals surface area contributed by atoms with E-state index in [9.17, 15) is 4.79 Å². The number of rotatable bonds is 2. The van der Waals surface area contributed by atoms with Crippen LogP contribution in [0.15, 0.2) is 53.7 Å². The minimum atomic E-state index is -0.0551. The van der Waals surface area contributed by atoms with E-state index in [1.165, 1.54) is 0 Å². The van der Waals surface area contributed by atoms with Crippen LogP contribution in [-0.4, -0.2) is 19.2 Å². The van der Waals surface area contributed by atoms with E-state index in [0.29, 0.717) is 16.1 Å². The number of benzene rings is 1. The SMILES string of the molecule is CC(C)n1ccc2c(cnc3c(-c4ccc(Cl)cc4)cnn32)c1=O. The monoisotopic (exact) mass is 338 g/mol. The highest BCUT2D eigenvalue weighted by Gasteiger charge is 2.13. The number of halogens is 1. The largest absolute Gasteiger partial charge is 0.312 e. The van der Waals surface area contributed by atoms with Gasteiger partial charge in [0.1, 0.15) is 0 Å². The molecule has 3 aromatic heterocycles. The van der Waals surface area contributed by atoms with Crippen molar-refractivity contribution in [3.63, 3.8) is 0 Å². The quantitative estimate of drug-likeness (QED) is 0.556. The number of hydrogen-bond donors (Lipinski definition) is 0. The highest BCUT2D eigenvalue weighted by atomic mass is 35.5. The minimum absolute atomic E-state index is 0.0551. The van der Waals surface area contributed by atoms with E-state index in [-0.39, 0.29) is 11.6 Å². The highest BCUT2D eigenvalue weighted by molar-refractivity contribution is 6.30. The van der Waals surface area contributed by atoms with E-state index < -0.39 is 0 Å². The Hall–Kier alpha value is -2.66. The number of aromatic nitrogens is 4. The predicted molar refractivity (Wildman–Crippen MR) is 95.6 cm³/mol. The molecule has 0 aliphatic rings. The van der Waals surface area contributed by atoms with Gasteiger partial charge in [-0.25, -0.2) is 9.50 Å². The van der Waals surface area contributed by atoms with Gasteiger partial charge in [-0.2, -0.15) is 5.10 Å². The molecule has 120 valence electrons. The molecule has 0 N–H and O–H groups in total. The number of pyridine rings is 1. The molecule has 0 aliphatic heterocycles. The summed E-state index contributed by atoms with van der Waals surface area (Å²) in [6, 6.07) is 9.54. The maximum Gasteiger partial charge on any atom is 0.261 e.